The second-order valence-corrected chi connectivity index (χ2v) is 7.00. The second kappa shape index (κ2) is 9.68. The van der Waals surface area contributed by atoms with Gasteiger partial charge in [0.05, 0.1) is 12.6 Å². The Bertz CT molecular complexity index is 1210. The fourth-order valence-corrected chi connectivity index (χ4v) is 2.97. The summed E-state index contributed by atoms with van der Waals surface area (Å²) in [5.41, 5.74) is 6.14. The predicted molar refractivity (Wildman–Crippen MR) is 111 cm³/mol. The maximum Gasteiger partial charge on any atom is 0.326 e. The number of nitrogen functional groups attached to an aromatic ring is 1. The van der Waals surface area contributed by atoms with Crippen LogP contribution in [0.1, 0.15) is 23.2 Å². The number of carboxylic acids is 2. The number of amides is 1. The summed E-state index contributed by atoms with van der Waals surface area (Å²) >= 11 is 0. The van der Waals surface area contributed by atoms with Gasteiger partial charge in [0, 0.05) is 24.2 Å². The highest BCUT2D eigenvalue weighted by Crippen LogP contribution is 2.11. The molecule has 0 saturated carbocycles. The van der Waals surface area contributed by atoms with Crippen LogP contribution in [0.3, 0.4) is 0 Å². The molecule has 2 aromatic rings. The van der Waals surface area contributed by atoms with Crippen molar-refractivity contribution in [3.05, 3.63) is 51.0 Å². The van der Waals surface area contributed by atoms with Crippen LogP contribution < -0.4 is 32.8 Å². The molecule has 13 heteroatoms. The van der Waals surface area contributed by atoms with Gasteiger partial charge in [-0.05, 0) is 30.7 Å². The molecule has 1 aromatic heterocycles. The van der Waals surface area contributed by atoms with Crippen LogP contribution in [0.4, 0.5) is 11.6 Å². The Morgan fingerprint density at radius 1 is 1.22 bits per heavy atom. The number of hydrogen-bond acceptors (Lipinski definition) is 9. The van der Waals surface area contributed by atoms with Gasteiger partial charge in [-0.2, -0.15) is 4.98 Å². The number of nitrogens with one attached hydrogen (secondary N) is 3. The predicted octanol–water partition coefficient (Wildman–Crippen LogP) is -1.87. The Morgan fingerprint density at radius 3 is 2.59 bits per heavy atom. The fourth-order valence-electron chi connectivity index (χ4n) is 2.97. The highest BCUT2D eigenvalue weighted by Gasteiger charge is 2.21. The van der Waals surface area contributed by atoms with E-state index in [9.17, 15) is 19.2 Å². The molecule has 0 bridgehead atoms. The molecule has 0 spiro atoms. The van der Waals surface area contributed by atoms with E-state index in [2.05, 4.69) is 30.6 Å². The van der Waals surface area contributed by atoms with Gasteiger partial charge in [0.2, 0.25) is 5.95 Å². The van der Waals surface area contributed by atoms with Gasteiger partial charge in [0.15, 0.2) is 10.8 Å². The molecule has 1 aromatic carbocycles. The van der Waals surface area contributed by atoms with Crippen molar-refractivity contribution < 1.29 is 24.6 Å². The lowest BCUT2D eigenvalue weighted by molar-refractivity contribution is -0.140. The van der Waals surface area contributed by atoms with Gasteiger partial charge in [-0.1, -0.05) is 0 Å². The average molecular weight is 443 g/mol. The zero-order valence-corrected chi connectivity index (χ0v) is 16.7. The highest BCUT2D eigenvalue weighted by atomic mass is 16.4. The van der Waals surface area contributed by atoms with Crippen molar-refractivity contribution in [2.75, 3.05) is 24.1 Å². The molecule has 32 heavy (non-hydrogen) atoms. The van der Waals surface area contributed by atoms with E-state index in [1.54, 1.807) is 12.1 Å². The van der Waals surface area contributed by atoms with Crippen LogP contribution in [-0.4, -0.2) is 63.2 Å². The number of carbonyl (C=O) groups is 3. The number of nitrogens with zero attached hydrogens (tertiary/aromatic N) is 3. The molecule has 13 nitrogen and oxygen atoms in total. The summed E-state index contributed by atoms with van der Waals surface area (Å²) in [7, 11) is 0. The normalized spacial score (nSPS) is 15.4. The van der Waals surface area contributed by atoms with Crippen molar-refractivity contribution in [1.29, 1.82) is 0 Å². The van der Waals surface area contributed by atoms with E-state index < -0.39 is 29.4 Å². The maximum atomic E-state index is 12.3. The number of aromatic amines is 1. The van der Waals surface area contributed by atoms with Crippen molar-refractivity contribution in [3.63, 3.8) is 0 Å². The van der Waals surface area contributed by atoms with E-state index >= 15 is 0 Å². The Kier molecular flexibility index (Phi) is 6.77. The number of H-pyrrole nitrogens is 1. The molecule has 1 aliphatic heterocycles. The van der Waals surface area contributed by atoms with Crippen molar-refractivity contribution in [3.8, 4) is 0 Å². The molecule has 3 rings (SSSR count). The minimum Gasteiger partial charge on any atom is -0.481 e. The topological polar surface area (TPSA) is 212 Å². The molecule has 0 aliphatic carbocycles. The molecule has 2 atom stereocenters. The molecule has 0 fully saturated rings. The van der Waals surface area contributed by atoms with Gasteiger partial charge in [0.25, 0.3) is 11.5 Å². The van der Waals surface area contributed by atoms with Crippen molar-refractivity contribution in [2.24, 2.45) is 9.98 Å². The summed E-state index contributed by atoms with van der Waals surface area (Å²) < 4.78 is 0. The summed E-state index contributed by atoms with van der Waals surface area (Å²) in [4.78, 5) is 61.0. The highest BCUT2D eigenvalue weighted by molar-refractivity contribution is 5.96. The molecular formula is C19H21N7O6. The summed E-state index contributed by atoms with van der Waals surface area (Å²) in [5, 5.41) is 23.4. The number of aromatic nitrogens is 2. The van der Waals surface area contributed by atoms with Crippen LogP contribution in [0.25, 0.3) is 0 Å². The molecule has 7 N–H and O–H groups in total. The van der Waals surface area contributed by atoms with Crippen LogP contribution in [0.2, 0.25) is 0 Å². The number of aliphatic carboxylic acids is 2. The van der Waals surface area contributed by atoms with Crippen molar-refractivity contribution in [1.82, 2.24) is 15.3 Å². The Labute approximate surface area is 180 Å². The van der Waals surface area contributed by atoms with E-state index in [-0.39, 0.29) is 41.2 Å². The SMILES string of the molecule is Nc1nc2c(c(=O)[nH]1)=N[C@@H](CNc1ccc(C(=O)N[C@@H](CCC(=O)O)C(=O)O)cc1)CN=2. The van der Waals surface area contributed by atoms with Crippen LogP contribution in [0.15, 0.2) is 39.0 Å². The number of rotatable bonds is 9. The summed E-state index contributed by atoms with van der Waals surface area (Å²) in [5.74, 6) is -3.10. The zero-order valence-electron chi connectivity index (χ0n) is 16.7. The van der Waals surface area contributed by atoms with E-state index in [4.69, 9.17) is 15.9 Å². The molecule has 1 amide bonds. The first kappa shape index (κ1) is 22.4. The zero-order chi connectivity index (χ0) is 23.3. The van der Waals surface area contributed by atoms with Gasteiger partial charge < -0.3 is 26.6 Å². The largest absolute Gasteiger partial charge is 0.481 e. The van der Waals surface area contributed by atoms with E-state index in [1.165, 1.54) is 12.1 Å². The number of carboxylic acid groups (broad SMARTS) is 2. The fraction of sp³-hybridized carbons (Fsp3) is 0.316. The van der Waals surface area contributed by atoms with Crippen molar-refractivity contribution >= 4 is 29.5 Å². The van der Waals surface area contributed by atoms with Crippen LogP contribution >= 0.6 is 0 Å². The first-order chi connectivity index (χ1) is 15.2. The minimum atomic E-state index is -1.31. The molecular weight excluding hydrogens is 422 g/mol. The van der Waals surface area contributed by atoms with E-state index in [0.717, 1.165) is 0 Å². The third-order valence-electron chi connectivity index (χ3n) is 4.60. The molecule has 1 aliphatic rings. The quantitative estimate of drug-likeness (QED) is 0.256. The Morgan fingerprint density at radius 2 is 1.94 bits per heavy atom. The van der Waals surface area contributed by atoms with Gasteiger partial charge in [-0.15, -0.1) is 0 Å². The summed E-state index contributed by atoms with van der Waals surface area (Å²) in [6.07, 6.45) is -0.599. The molecule has 0 radical (unpaired) electrons. The minimum absolute atomic E-state index is 0.0232. The molecule has 0 unspecified atom stereocenters. The number of benzene rings is 1. The molecule has 168 valence electrons. The number of nitrogens with two attached hydrogens (primary N) is 1. The lowest BCUT2D eigenvalue weighted by Gasteiger charge is -2.15. The lowest BCUT2D eigenvalue weighted by atomic mass is 10.1. The monoisotopic (exact) mass is 443 g/mol. The standard InChI is InChI=1S/C19H21N7O6/c20-19-25-15-14(17(30)26-19)23-11(8-22-15)7-21-10-3-1-9(2-4-10)16(29)24-12(18(31)32)5-6-13(27)28/h1-4,11-12,21H,5-8H2,(H,24,29)(H,27,28)(H,31,32)(H3,20,22,25,26,30)/t11-,12-/m0/s1. The third-order valence-corrected chi connectivity index (χ3v) is 4.60. The number of carbonyl (C=O) groups excluding carboxylic acids is 1. The van der Waals surface area contributed by atoms with Gasteiger partial charge in [-0.25, -0.2) is 4.79 Å². The Hall–Kier alpha value is -4.29. The summed E-state index contributed by atoms with van der Waals surface area (Å²) in [6.45, 7) is 0.692. The lowest BCUT2D eigenvalue weighted by Crippen LogP contribution is -2.48. The average Bonchev–Trinajstić information content (AvgIpc) is 2.75. The summed E-state index contributed by atoms with van der Waals surface area (Å²) in [6, 6.07) is 4.66. The number of hydrogen-bond donors (Lipinski definition) is 6. The smallest absolute Gasteiger partial charge is 0.326 e. The van der Waals surface area contributed by atoms with E-state index in [1.807, 2.05) is 0 Å². The van der Waals surface area contributed by atoms with Gasteiger partial charge in [0.1, 0.15) is 6.04 Å². The van der Waals surface area contributed by atoms with Crippen LogP contribution in [0, 0.1) is 0 Å². The first-order valence-corrected chi connectivity index (χ1v) is 9.60. The second-order valence-electron chi connectivity index (χ2n) is 7.00. The van der Waals surface area contributed by atoms with Gasteiger partial charge >= 0.3 is 11.9 Å². The van der Waals surface area contributed by atoms with Crippen molar-refractivity contribution in [2.45, 2.75) is 24.9 Å². The number of fused-ring (bicyclic) bond motifs is 1. The Balaban J connectivity index is 1.59. The van der Waals surface area contributed by atoms with Gasteiger partial charge in [-0.3, -0.25) is 29.4 Å². The van der Waals surface area contributed by atoms with E-state index in [0.29, 0.717) is 18.8 Å². The first-order valence-electron chi connectivity index (χ1n) is 9.60. The van der Waals surface area contributed by atoms with Crippen LogP contribution in [0.5, 0.6) is 0 Å². The third kappa shape index (κ3) is 5.65. The van der Waals surface area contributed by atoms with Crippen LogP contribution in [-0.2, 0) is 9.59 Å². The molecule has 2 heterocycles. The number of anilines is 2. The maximum absolute atomic E-state index is 12.3. The molecule has 0 saturated heterocycles.